The van der Waals surface area contributed by atoms with Crippen molar-refractivity contribution >= 4 is 40.4 Å². The number of piperidine rings is 1. The maximum Gasteiger partial charge on any atom is 0.223 e. The molecule has 1 aromatic heterocycles. The van der Waals surface area contributed by atoms with Gasteiger partial charge in [0.1, 0.15) is 0 Å². The predicted molar refractivity (Wildman–Crippen MR) is 108 cm³/mol. The highest BCUT2D eigenvalue weighted by Crippen LogP contribution is 2.21. The number of halogens is 2. The van der Waals surface area contributed by atoms with Gasteiger partial charge in [0.2, 0.25) is 5.91 Å². The first kappa shape index (κ1) is 19.6. The molecule has 26 heavy (non-hydrogen) atoms. The summed E-state index contributed by atoms with van der Waals surface area (Å²) in [5.41, 5.74) is 2.17. The molecule has 2 heterocycles. The zero-order valence-corrected chi connectivity index (χ0v) is 17.1. The van der Waals surface area contributed by atoms with Gasteiger partial charge in [-0.15, -0.1) is 11.3 Å². The molecule has 7 heteroatoms. The summed E-state index contributed by atoms with van der Waals surface area (Å²) in [4.78, 5) is 19.3. The maximum atomic E-state index is 12.4. The Labute approximate surface area is 168 Å². The van der Waals surface area contributed by atoms with E-state index in [1.54, 1.807) is 17.4 Å². The lowest BCUT2D eigenvalue weighted by molar-refractivity contribution is -0.126. The summed E-state index contributed by atoms with van der Waals surface area (Å²) in [5.74, 6) is 0.258. The number of aromatic nitrogens is 1. The summed E-state index contributed by atoms with van der Waals surface area (Å²) < 4.78 is 0. The number of rotatable bonds is 6. The average molecular weight is 412 g/mol. The fourth-order valence-corrected chi connectivity index (χ4v) is 4.47. The van der Waals surface area contributed by atoms with Crippen LogP contribution in [0.2, 0.25) is 10.0 Å². The van der Waals surface area contributed by atoms with E-state index in [1.807, 2.05) is 19.1 Å². The molecular weight excluding hydrogens is 389 g/mol. The molecule has 1 N–H and O–H groups in total. The maximum absolute atomic E-state index is 12.4. The lowest BCUT2D eigenvalue weighted by atomic mass is 9.95. The highest BCUT2D eigenvalue weighted by atomic mass is 35.5. The second-order valence-electron chi connectivity index (χ2n) is 6.73. The molecular formula is C19H23Cl2N3OS. The lowest BCUT2D eigenvalue weighted by Crippen LogP contribution is -2.40. The van der Waals surface area contributed by atoms with Crippen molar-refractivity contribution in [3.63, 3.8) is 0 Å². The van der Waals surface area contributed by atoms with Crippen molar-refractivity contribution < 1.29 is 4.79 Å². The number of likely N-dealkylation sites (tertiary alicyclic amines) is 1. The quantitative estimate of drug-likeness (QED) is 0.768. The zero-order valence-electron chi connectivity index (χ0n) is 14.8. The van der Waals surface area contributed by atoms with Crippen molar-refractivity contribution in [1.82, 2.24) is 15.2 Å². The summed E-state index contributed by atoms with van der Waals surface area (Å²) >= 11 is 13.7. The number of thiazole rings is 1. The van der Waals surface area contributed by atoms with Gasteiger partial charge in [-0.05, 0) is 63.0 Å². The number of amides is 1. The number of benzene rings is 1. The Morgan fingerprint density at radius 2 is 1.96 bits per heavy atom. The van der Waals surface area contributed by atoms with Crippen molar-refractivity contribution in [3.05, 3.63) is 49.9 Å². The number of aryl methyl sites for hydroxylation is 1. The van der Waals surface area contributed by atoms with Crippen LogP contribution in [0.4, 0.5) is 0 Å². The van der Waals surface area contributed by atoms with Gasteiger partial charge in [-0.25, -0.2) is 4.98 Å². The smallest absolute Gasteiger partial charge is 0.223 e. The average Bonchev–Trinajstić information content (AvgIpc) is 2.99. The van der Waals surface area contributed by atoms with Crippen LogP contribution in [-0.2, 0) is 17.8 Å². The van der Waals surface area contributed by atoms with E-state index in [9.17, 15) is 4.79 Å². The number of nitrogens with zero attached hydrogens (tertiary/aromatic N) is 2. The molecule has 0 unspecified atom stereocenters. The van der Waals surface area contributed by atoms with E-state index in [4.69, 9.17) is 23.2 Å². The van der Waals surface area contributed by atoms with E-state index in [2.05, 4.69) is 20.6 Å². The van der Waals surface area contributed by atoms with Gasteiger partial charge >= 0.3 is 0 Å². The molecule has 1 fully saturated rings. The zero-order chi connectivity index (χ0) is 18.5. The highest BCUT2D eigenvalue weighted by molar-refractivity contribution is 7.09. The van der Waals surface area contributed by atoms with Gasteiger partial charge in [0.05, 0.1) is 10.7 Å². The van der Waals surface area contributed by atoms with Crippen LogP contribution in [0.15, 0.2) is 23.6 Å². The second-order valence-corrected chi connectivity index (χ2v) is 8.66. The Morgan fingerprint density at radius 1 is 1.27 bits per heavy atom. The first-order valence-corrected chi connectivity index (χ1v) is 10.5. The Hall–Kier alpha value is -1.14. The molecule has 1 amide bonds. The molecule has 4 nitrogen and oxygen atoms in total. The van der Waals surface area contributed by atoms with Crippen LogP contribution in [0.5, 0.6) is 0 Å². The van der Waals surface area contributed by atoms with Gasteiger partial charge in [0.15, 0.2) is 0 Å². The minimum atomic E-state index is 0.103. The molecule has 0 atom stereocenters. The molecule has 0 saturated carbocycles. The molecule has 2 aromatic rings. The van der Waals surface area contributed by atoms with Gasteiger partial charge < -0.3 is 5.32 Å². The number of nitrogens with one attached hydrogen (secondary N) is 1. The first-order chi connectivity index (χ1) is 12.5. The van der Waals surface area contributed by atoms with Gasteiger partial charge in [-0.3, -0.25) is 9.69 Å². The van der Waals surface area contributed by atoms with Crippen LogP contribution in [0.1, 0.15) is 29.1 Å². The highest BCUT2D eigenvalue weighted by Gasteiger charge is 2.25. The SMILES string of the molecule is Cc1nc(CN2CCC(C(=O)NCCc3cc(Cl)cc(Cl)c3)CC2)cs1. The molecule has 1 aliphatic heterocycles. The predicted octanol–water partition coefficient (Wildman–Crippen LogP) is 4.33. The summed E-state index contributed by atoms with van der Waals surface area (Å²) in [6.45, 7) is 5.40. The molecule has 0 radical (unpaired) electrons. The molecule has 0 aliphatic carbocycles. The van der Waals surface area contributed by atoms with E-state index < -0.39 is 0 Å². The third-order valence-corrected chi connectivity index (χ3v) is 5.90. The first-order valence-electron chi connectivity index (χ1n) is 8.85. The lowest BCUT2D eigenvalue weighted by Gasteiger charge is -2.30. The van der Waals surface area contributed by atoms with E-state index >= 15 is 0 Å². The minimum Gasteiger partial charge on any atom is -0.356 e. The summed E-state index contributed by atoms with van der Waals surface area (Å²) in [6, 6.07) is 5.49. The standard InChI is InChI=1S/C19H23Cl2N3OS/c1-13-23-18(12-26-13)11-24-6-3-15(4-7-24)19(25)22-5-2-14-8-16(20)10-17(21)9-14/h8-10,12,15H,2-7,11H2,1H3,(H,22,25). The third-order valence-electron chi connectivity index (χ3n) is 4.65. The van der Waals surface area contributed by atoms with Gasteiger partial charge in [0.25, 0.3) is 0 Å². The topological polar surface area (TPSA) is 45.2 Å². The Bertz CT molecular complexity index is 737. The Kier molecular flexibility index (Phi) is 6.92. The largest absolute Gasteiger partial charge is 0.356 e. The molecule has 0 spiro atoms. The minimum absolute atomic E-state index is 0.103. The summed E-state index contributed by atoms with van der Waals surface area (Å²) in [7, 11) is 0. The van der Waals surface area contributed by atoms with Crippen molar-refractivity contribution in [2.45, 2.75) is 32.7 Å². The van der Waals surface area contributed by atoms with Crippen LogP contribution in [0, 0.1) is 12.8 Å². The monoisotopic (exact) mass is 411 g/mol. The molecule has 1 aromatic carbocycles. The molecule has 140 valence electrons. The van der Waals surface area contributed by atoms with E-state index in [0.717, 1.165) is 55.2 Å². The molecule has 3 rings (SSSR count). The van der Waals surface area contributed by atoms with Crippen LogP contribution in [0.3, 0.4) is 0 Å². The molecule has 0 bridgehead atoms. The normalized spacial score (nSPS) is 16.0. The van der Waals surface area contributed by atoms with Crippen LogP contribution in [-0.4, -0.2) is 35.4 Å². The Morgan fingerprint density at radius 3 is 2.58 bits per heavy atom. The second kappa shape index (κ2) is 9.18. The van der Waals surface area contributed by atoms with Crippen molar-refractivity contribution in [1.29, 1.82) is 0 Å². The summed E-state index contributed by atoms with van der Waals surface area (Å²) in [5, 5.41) is 7.53. The number of carbonyl (C=O) groups excluding carboxylic acids is 1. The van der Waals surface area contributed by atoms with Crippen LogP contribution >= 0.6 is 34.5 Å². The van der Waals surface area contributed by atoms with Crippen LogP contribution < -0.4 is 5.32 Å². The summed E-state index contributed by atoms with van der Waals surface area (Å²) in [6.07, 6.45) is 2.53. The number of carbonyl (C=O) groups is 1. The third kappa shape index (κ3) is 5.68. The van der Waals surface area contributed by atoms with Gasteiger partial charge in [0, 0.05) is 34.4 Å². The fraction of sp³-hybridized carbons (Fsp3) is 0.474. The number of hydrogen-bond donors (Lipinski definition) is 1. The van der Waals surface area contributed by atoms with E-state index in [-0.39, 0.29) is 11.8 Å². The van der Waals surface area contributed by atoms with Crippen molar-refractivity contribution in [2.24, 2.45) is 5.92 Å². The fourth-order valence-electron chi connectivity index (χ4n) is 3.29. The van der Waals surface area contributed by atoms with E-state index in [0.29, 0.717) is 16.6 Å². The van der Waals surface area contributed by atoms with Gasteiger partial charge in [-0.2, -0.15) is 0 Å². The number of hydrogen-bond acceptors (Lipinski definition) is 4. The Balaban J connectivity index is 1.39. The van der Waals surface area contributed by atoms with Crippen molar-refractivity contribution in [3.8, 4) is 0 Å². The van der Waals surface area contributed by atoms with E-state index in [1.165, 1.54) is 0 Å². The van der Waals surface area contributed by atoms with Crippen LogP contribution in [0.25, 0.3) is 0 Å². The molecule has 1 saturated heterocycles. The van der Waals surface area contributed by atoms with Gasteiger partial charge in [-0.1, -0.05) is 23.2 Å². The molecule has 1 aliphatic rings. The van der Waals surface area contributed by atoms with Crippen molar-refractivity contribution in [2.75, 3.05) is 19.6 Å².